The molecule has 13 rings (SSSR count). The van der Waals surface area contributed by atoms with Crippen molar-refractivity contribution >= 4 is 46.4 Å². The van der Waals surface area contributed by atoms with E-state index in [4.69, 9.17) is 9.97 Å². The number of benzene rings is 4. The average Bonchev–Trinajstić information content (AvgIpc) is 4.42. The van der Waals surface area contributed by atoms with Crippen LogP contribution in [0, 0.1) is 47.4 Å². The van der Waals surface area contributed by atoms with Crippen LogP contribution in [0.15, 0.2) is 219 Å². The van der Waals surface area contributed by atoms with E-state index in [-0.39, 0.29) is 0 Å². The number of fused-ring (bicyclic) bond motifs is 8. The summed E-state index contributed by atoms with van der Waals surface area (Å²) in [7, 11) is 0. The van der Waals surface area contributed by atoms with Crippen molar-refractivity contribution in [1.82, 2.24) is 39.9 Å². The maximum absolute atomic E-state index is 5.54. The lowest BCUT2D eigenvalue weighted by molar-refractivity contribution is 1.29. The highest BCUT2D eigenvalue weighted by molar-refractivity contribution is 6.00. The SMILES string of the molecule is C(#Cc1ccccn1)c1ccc(-c2c3nc(c(-c4ccc(C#Cc5ccccn5)cc4)c4ccc([nH]4)c(-c4ccc(C#Cc5ccccn5)cc4)c4nc(c(-c5ccc(C#Cc6ccccn6)cc5)c5ccc2[nH]5)C=C4)C=C3)cc1. The first-order valence-corrected chi connectivity index (χ1v) is 25.9. The molecule has 0 radical (unpaired) electrons. The molecule has 0 saturated carbocycles. The van der Waals surface area contributed by atoms with Crippen LogP contribution in [-0.4, -0.2) is 39.9 Å². The van der Waals surface area contributed by atoms with Gasteiger partial charge in [0, 0.05) is 91.4 Å². The van der Waals surface area contributed by atoms with Crippen molar-refractivity contribution in [2.75, 3.05) is 0 Å². The Bertz CT molecular complexity index is 4050. The lowest BCUT2D eigenvalue weighted by atomic mass is 10.0. The number of hydrogen-bond acceptors (Lipinski definition) is 6. The van der Waals surface area contributed by atoms with Crippen LogP contribution in [0.2, 0.25) is 0 Å². The monoisotopic (exact) mass is 1020 g/mol. The maximum Gasteiger partial charge on any atom is 0.113 e. The third kappa shape index (κ3) is 10.5. The van der Waals surface area contributed by atoms with E-state index in [9.17, 15) is 0 Å². The molecule has 0 unspecified atom stereocenters. The standard InChI is InChI=1S/C72H42N8/c1-5-45-73-57(9-1)33-21-49-13-25-53(26-14-49)69-61-37-39-63(77-61)70(54-27-15-50(16-28-54)22-34-58-10-2-6-46-74-58)65-41-43-67(79-65)72(56-31-19-52(20-32-56)24-36-60-12-4-8-48-76-60)68-44-42-66(80-68)71(64-40-38-62(69)78-64)55-29-17-51(18-30-55)23-35-59-11-3-7-47-75-59/h1-20,25-32,37-48,77,80H. The van der Waals surface area contributed by atoms with Crippen molar-refractivity contribution in [2.45, 2.75) is 0 Å². The molecule has 0 fully saturated rings. The van der Waals surface area contributed by atoms with Crippen molar-refractivity contribution in [2.24, 2.45) is 0 Å². The van der Waals surface area contributed by atoms with Gasteiger partial charge in [-0.1, -0.05) is 96.5 Å². The second-order valence-electron chi connectivity index (χ2n) is 18.7. The summed E-state index contributed by atoms with van der Waals surface area (Å²) in [5.41, 5.74) is 20.5. The average molecular weight is 1020 g/mol. The fraction of sp³-hybridized carbons (Fsp3) is 0. The van der Waals surface area contributed by atoms with Gasteiger partial charge >= 0.3 is 0 Å². The predicted molar refractivity (Wildman–Crippen MR) is 321 cm³/mol. The summed E-state index contributed by atoms with van der Waals surface area (Å²) in [5.74, 6) is 26.0. The van der Waals surface area contributed by atoms with E-state index in [1.807, 2.05) is 121 Å². The van der Waals surface area contributed by atoms with Crippen molar-refractivity contribution in [3.05, 3.63) is 287 Å². The molecule has 0 amide bonds. The minimum atomic E-state index is 0.709. The maximum atomic E-state index is 5.54. The summed E-state index contributed by atoms with van der Waals surface area (Å²) in [6.07, 6.45) is 15.4. The molecule has 80 heavy (non-hydrogen) atoms. The highest BCUT2D eigenvalue weighted by Crippen LogP contribution is 2.39. The molecule has 2 aliphatic rings. The number of aromatic amines is 2. The van der Waals surface area contributed by atoms with Gasteiger partial charge in [-0.2, -0.15) is 0 Å². The van der Waals surface area contributed by atoms with Crippen molar-refractivity contribution in [1.29, 1.82) is 0 Å². The van der Waals surface area contributed by atoms with Gasteiger partial charge in [0.25, 0.3) is 0 Å². The fourth-order valence-electron chi connectivity index (χ4n) is 9.59. The van der Waals surface area contributed by atoms with E-state index in [0.29, 0.717) is 22.8 Å². The molecule has 8 nitrogen and oxygen atoms in total. The number of pyridine rings is 4. The molecule has 4 aromatic carbocycles. The molecule has 0 spiro atoms. The Kier molecular flexibility index (Phi) is 13.1. The normalized spacial score (nSPS) is 11.0. The zero-order valence-electron chi connectivity index (χ0n) is 42.8. The Balaban J connectivity index is 1.04. The zero-order valence-corrected chi connectivity index (χ0v) is 42.8. The molecule has 11 aromatic rings. The van der Waals surface area contributed by atoms with Crippen molar-refractivity contribution < 1.29 is 0 Å². The Morgan fingerprint density at radius 3 is 0.688 bits per heavy atom. The molecule has 0 saturated heterocycles. The molecular weight excluding hydrogens is 977 g/mol. The number of nitrogens with one attached hydrogen (secondary N) is 2. The summed E-state index contributed by atoms with van der Waals surface area (Å²) < 4.78 is 0. The van der Waals surface area contributed by atoms with Gasteiger partial charge < -0.3 is 9.97 Å². The topological polar surface area (TPSA) is 109 Å². The van der Waals surface area contributed by atoms with Gasteiger partial charge in [-0.3, -0.25) is 0 Å². The van der Waals surface area contributed by atoms with Gasteiger partial charge in [-0.25, -0.2) is 29.9 Å². The molecular formula is C72H42N8. The number of nitrogens with zero attached hydrogens (tertiary/aromatic N) is 6. The molecule has 370 valence electrons. The molecule has 9 heterocycles. The molecule has 8 bridgehead atoms. The smallest absolute Gasteiger partial charge is 0.113 e. The van der Waals surface area contributed by atoms with Crippen molar-refractivity contribution in [3.63, 3.8) is 0 Å². The summed E-state index contributed by atoms with van der Waals surface area (Å²) in [6, 6.07) is 64.7. The Morgan fingerprint density at radius 1 is 0.237 bits per heavy atom. The Labute approximate surface area is 462 Å². The molecule has 7 aromatic heterocycles. The van der Waals surface area contributed by atoms with Crippen LogP contribution >= 0.6 is 0 Å². The lowest BCUT2D eigenvalue weighted by Gasteiger charge is -2.07. The van der Waals surface area contributed by atoms with Crippen LogP contribution in [0.25, 0.3) is 90.9 Å². The molecule has 2 aliphatic heterocycles. The Hall–Kier alpha value is -11.7. The van der Waals surface area contributed by atoms with Crippen LogP contribution in [0.1, 0.15) is 67.8 Å². The van der Waals surface area contributed by atoms with E-state index in [2.05, 4.69) is 174 Å². The van der Waals surface area contributed by atoms with Gasteiger partial charge in [0.1, 0.15) is 22.8 Å². The van der Waals surface area contributed by atoms with E-state index < -0.39 is 0 Å². The first-order chi connectivity index (χ1) is 39.6. The quantitative estimate of drug-likeness (QED) is 0.170. The predicted octanol–water partition coefficient (Wildman–Crippen LogP) is 14.5. The van der Waals surface area contributed by atoms with Crippen LogP contribution in [0.3, 0.4) is 0 Å². The van der Waals surface area contributed by atoms with Crippen LogP contribution in [0.4, 0.5) is 0 Å². The van der Waals surface area contributed by atoms with Crippen LogP contribution in [-0.2, 0) is 0 Å². The molecule has 8 heteroatoms. The summed E-state index contributed by atoms with van der Waals surface area (Å²) >= 11 is 0. The van der Waals surface area contributed by atoms with Crippen molar-refractivity contribution in [3.8, 4) is 91.9 Å². The minimum Gasteiger partial charge on any atom is -0.354 e. The first-order valence-electron chi connectivity index (χ1n) is 25.9. The lowest BCUT2D eigenvalue weighted by Crippen LogP contribution is -1.90. The second kappa shape index (κ2) is 21.9. The Morgan fingerprint density at radius 2 is 0.475 bits per heavy atom. The summed E-state index contributed by atoms with van der Waals surface area (Å²) in [5, 5.41) is 0. The fourth-order valence-corrected chi connectivity index (χ4v) is 9.59. The summed E-state index contributed by atoms with van der Waals surface area (Å²) in [6.45, 7) is 0. The van der Waals surface area contributed by atoms with Crippen LogP contribution < -0.4 is 0 Å². The molecule has 0 aliphatic carbocycles. The van der Waals surface area contributed by atoms with Gasteiger partial charge in [0.05, 0.1) is 22.8 Å². The number of hydrogen-bond donors (Lipinski definition) is 2. The van der Waals surface area contributed by atoms with E-state index >= 15 is 0 Å². The molecule has 0 atom stereocenters. The molecule has 2 N–H and O–H groups in total. The number of aromatic nitrogens is 8. The van der Waals surface area contributed by atoms with Crippen LogP contribution in [0.5, 0.6) is 0 Å². The van der Waals surface area contributed by atoms with E-state index in [1.165, 1.54) is 0 Å². The second-order valence-corrected chi connectivity index (χ2v) is 18.7. The third-order valence-electron chi connectivity index (χ3n) is 13.4. The van der Waals surface area contributed by atoms with E-state index in [1.54, 1.807) is 24.8 Å². The van der Waals surface area contributed by atoms with Gasteiger partial charge in [-0.15, -0.1) is 0 Å². The first kappa shape index (κ1) is 48.0. The largest absolute Gasteiger partial charge is 0.354 e. The van der Waals surface area contributed by atoms with Gasteiger partial charge in [0.15, 0.2) is 0 Å². The number of H-pyrrole nitrogens is 2. The van der Waals surface area contributed by atoms with Gasteiger partial charge in [0.2, 0.25) is 0 Å². The third-order valence-corrected chi connectivity index (χ3v) is 13.4. The minimum absolute atomic E-state index is 0.709. The summed E-state index contributed by atoms with van der Waals surface area (Å²) in [4.78, 5) is 36.4. The van der Waals surface area contributed by atoms with E-state index in [0.717, 1.165) is 112 Å². The highest BCUT2D eigenvalue weighted by atomic mass is 14.8. The zero-order chi connectivity index (χ0) is 53.5. The number of rotatable bonds is 4. The van der Waals surface area contributed by atoms with Gasteiger partial charge in [-0.05, 0) is 192 Å². The highest BCUT2D eigenvalue weighted by Gasteiger charge is 2.19.